The molecule has 0 saturated heterocycles. The molecule has 3 rings (SSSR count). The zero-order chi connectivity index (χ0) is 12.5. The number of hydrogen-bond acceptors (Lipinski definition) is 3. The number of halogens is 1. The van der Waals surface area contributed by atoms with Crippen molar-refractivity contribution in [3.8, 4) is 5.75 Å². The lowest BCUT2D eigenvalue weighted by molar-refractivity contribution is 0.470. The zero-order valence-electron chi connectivity index (χ0n) is 9.42. The second-order valence-electron chi connectivity index (χ2n) is 4.02. The molecule has 4 nitrogen and oxygen atoms in total. The van der Waals surface area contributed by atoms with Gasteiger partial charge < -0.3 is 5.11 Å². The van der Waals surface area contributed by atoms with Gasteiger partial charge in [0.15, 0.2) is 11.5 Å². The van der Waals surface area contributed by atoms with Gasteiger partial charge in [0, 0.05) is 11.4 Å². The van der Waals surface area contributed by atoms with E-state index in [1.165, 1.54) is 6.20 Å². The Morgan fingerprint density at radius 1 is 1.11 bits per heavy atom. The van der Waals surface area contributed by atoms with Gasteiger partial charge in [-0.05, 0) is 29.8 Å². The third kappa shape index (κ3) is 2.15. The van der Waals surface area contributed by atoms with E-state index in [-0.39, 0.29) is 5.75 Å². The Bertz CT molecular complexity index is 691. The highest BCUT2D eigenvalue weighted by Crippen LogP contribution is 2.14. The highest BCUT2D eigenvalue weighted by molar-refractivity contribution is 6.30. The molecule has 3 aromatic rings. The Morgan fingerprint density at radius 3 is 2.67 bits per heavy atom. The van der Waals surface area contributed by atoms with E-state index in [1.807, 2.05) is 24.3 Å². The highest BCUT2D eigenvalue weighted by atomic mass is 35.5. The van der Waals surface area contributed by atoms with E-state index in [0.29, 0.717) is 17.3 Å². The van der Waals surface area contributed by atoms with Crippen LogP contribution in [-0.2, 0) is 6.42 Å². The Labute approximate surface area is 108 Å². The first kappa shape index (κ1) is 11.0. The minimum atomic E-state index is 0.172. The Kier molecular flexibility index (Phi) is 2.64. The predicted molar refractivity (Wildman–Crippen MR) is 68.9 cm³/mol. The van der Waals surface area contributed by atoms with Crippen molar-refractivity contribution >= 4 is 17.2 Å². The highest BCUT2D eigenvalue weighted by Gasteiger charge is 2.05. The molecule has 0 radical (unpaired) electrons. The summed E-state index contributed by atoms with van der Waals surface area (Å²) < 4.78 is 1.57. The fourth-order valence-electron chi connectivity index (χ4n) is 1.78. The van der Waals surface area contributed by atoms with Crippen LogP contribution in [0.2, 0.25) is 5.02 Å². The number of benzene rings is 1. The van der Waals surface area contributed by atoms with Gasteiger partial charge in [-0.25, -0.2) is 9.50 Å². The van der Waals surface area contributed by atoms with Crippen molar-refractivity contribution in [2.75, 3.05) is 0 Å². The first-order valence-corrected chi connectivity index (χ1v) is 5.87. The van der Waals surface area contributed by atoms with Crippen molar-refractivity contribution in [2.24, 2.45) is 0 Å². The normalized spacial score (nSPS) is 10.9. The van der Waals surface area contributed by atoms with Gasteiger partial charge in [0.25, 0.3) is 0 Å². The first-order chi connectivity index (χ1) is 8.70. The van der Waals surface area contributed by atoms with Gasteiger partial charge in [-0.3, -0.25) is 0 Å². The smallest absolute Gasteiger partial charge is 0.156 e. The monoisotopic (exact) mass is 259 g/mol. The van der Waals surface area contributed by atoms with Gasteiger partial charge >= 0.3 is 0 Å². The molecule has 1 N–H and O–H groups in total. The van der Waals surface area contributed by atoms with Crippen LogP contribution in [-0.4, -0.2) is 19.7 Å². The fourth-order valence-corrected chi connectivity index (χ4v) is 1.90. The topological polar surface area (TPSA) is 50.4 Å². The summed E-state index contributed by atoms with van der Waals surface area (Å²) >= 11 is 5.83. The molecule has 18 heavy (non-hydrogen) atoms. The van der Waals surface area contributed by atoms with Crippen molar-refractivity contribution in [3.63, 3.8) is 0 Å². The number of rotatable bonds is 2. The van der Waals surface area contributed by atoms with Gasteiger partial charge in [0.2, 0.25) is 0 Å². The molecule has 0 fully saturated rings. The summed E-state index contributed by atoms with van der Waals surface area (Å²) in [6.07, 6.45) is 2.17. The van der Waals surface area contributed by atoms with Crippen LogP contribution in [0.1, 0.15) is 11.4 Å². The average molecular weight is 260 g/mol. The number of hydrogen-bond donors (Lipinski definition) is 1. The summed E-state index contributed by atoms with van der Waals surface area (Å²) in [6.45, 7) is 0. The van der Waals surface area contributed by atoms with Gasteiger partial charge in [-0.2, -0.15) is 5.10 Å². The van der Waals surface area contributed by atoms with E-state index in [4.69, 9.17) is 11.6 Å². The average Bonchev–Trinajstić information content (AvgIpc) is 2.73. The van der Waals surface area contributed by atoms with E-state index in [2.05, 4.69) is 10.1 Å². The summed E-state index contributed by atoms with van der Waals surface area (Å²) in [5.74, 6) is 0.883. The first-order valence-electron chi connectivity index (χ1n) is 5.49. The lowest BCUT2D eigenvalue weighted by Crippen LogP contribution is -1.91. The van der Waals surface area contributed by atoms with Crippen LogP contribution in [0.25, 0.3) is 5.65 Å². The summed E-state index contributed by atoms with van der Waals surface area (Å²) in [5.41, 5.74) is 1.82. The third-order valence-electron chi connectivity index (χ3n) is 2.63. The molecule has 0 bridgehead atoms. The maximum atomic E-state index is 9.36. The number of aromatic nitrogens is 3. The van der Waals surface area contributed by atoms with E-state index >= 15 is 0 Å². The van der Waals surface area contributed by atoms with Crippen molar-refractivity contribution < 1.29 is 5.11 Å². The number of pyridine rings is 1. The van der Waals surface area contributed by atoms with Crippen LogP contribution >= 0.6 is 11.6 Å². The molecule has 0 amide bonds. The van der Waals surface area contributed by atoms with E-state index in [0.717, 1.165) is 11.2 Å². The largest absolute Gasteiger partial charge is 0.506 e. The molecule has 0 atom stereocenters. The molecule has 0 saturated carbocycles. The number of nitrogens with zero attached hydrogens (tertiary/aromatic N) is 3. The maximum Gasteiger partial charge on any atom is 0.156 e. The molecule has 2 aromatic heterocycles. The lowest BCUT2D eigenvalue weighted by Gasteiger charge is -1.96. The molecular formula is C13H10ClN3O. The summed E-state index contributed by atoms with van der Waals surface area (Å²) in [7, 11) is 0. The zero-order valence-corrected chi connectivity index (χ0v) is 10.2. The van der Waals surface area contributed by atoms with Crippen molar-refractivity contribution in [1.82, 2.24) is 14.6 Å². The lowest BCUT2D eigenvalue weighted by atomic mass is 10.1. The molecule has 5 heteroatoms. The molecule has 0 aliphatic rings. The molecular weight excluding hydrogens is 250 g/mol. The van der Waals surface area contributed by atoms with E-state index < -0.39 is 0 Å². The predicted octanol–water partition coefficient (Wildman–Crippen LogP) is 2.68. The molecule has 0 aliphatic heterocycles. The molecule has 0 aliphatic carbocycles. The van der Waals surface area contributed by atoms with Gasteiger partial charge in [0.1, 0.15) is 5.75 Å². The summed E-state index contributed by atoms with van der Waals surface area (Å²) in [6, 6.07) is 10.9. The standard InChI is InChI=1S/C13H10ClN3O/c14-10-3-1-9(2-4-10)7-12-15-13-6-5-11(18)8-17(13)16-12/h1-6,8,18H,7H2. The summed E-state index contributed by atoms with van der Waals surface area (Å²) in [5, 5.41) is 14.4. The Balaban J connectivity index is 1.92. The van der Waals surface area contributed by atoms with Crippen molar-refractivity contribution in [1.29, 1.82) is 0 Å². The molecule has 0 spiro atoms. The van der Waals surface area contributed by atoms with Crippen LogP contribution in [0.3, 0.4) is 0 Å². The van der Waals surface area contributed by atoms with Gasteiger partial charge in [-0.15, -0.1) is 0 Å². The van der Waals surface area contributed by atoms with Gasteiger partial charge in [0.05, 0.1) is 6.20 Å². The van der Waals surface area contributed by atoms with Crippen LogP contribution in [0.15, 0.2) is 42.6 Å². The fraction of sp³-hybridized carbons (Fsp3) is 0.0769. The number of fused-ring (bicyclic) bond motifs is 1. The van der Waals surface area contributed by atoms with Crippen molar-refractivity contribution in [3.05, 3.63) is 59.0 Å². The Morgan fingerprint density at radius 2 is 1.89 bits per heavy atom. The molecule has 2 heterocycles. The minimum absolute atomic E-state index is 0.172. The van der Waals surface area contributed by atoms with E-state index in [1.54, 1.807) is 16.6 Å². The van der Waals surface area contributed by atoms with Gasteiger partial charge in [-0.1, -0.05) is 23.7 Å². The van der Waals surface area contributed by atoms with E-state index in [9.17, 15) is 5.11 Å². The Hall–Kier alpha value is -2.07. The second-order valence-corrected chi connectivity index (χ2v) is 4.46. The molecule has 0 unspecified atom stereocenters. The van der Waals surface area contributed by atoms with Crippen LogP contribution in [0.5, 0.6) is 5.75 Å². The van der Waals surface area contributed by atoms with Crippen LogP contribution in [0.4, 0.5) is 0 Å². The third-order valence-corrected chi connectivity index (χ3v) is 2.89. The number of aromatic hydroxyl groups is 1. The minimum Gasteiger partial charge on any atom is -0.506 e. The quantitative estimate of drug-likeness (QED) is 0.770. The SMILES string of the molecule is Oc1ccc2nc(Cc3ccc(Cl)cc3)nn2c1. The van der Waals surface area contributed by atoms with Crippen LogP contribution < -0.4 is 0 Å². The molecule has 90 valence electrons. The van der Waals surface area contributed by atoms with Crippen molar-refractivity contribution in [2.45, 2.75) is 6.42 Å². The summed E-state index contributed by atoms with van der Waals surface area (Å²) in [4.78, 5) is 4.38. The second kappa shape index (κ2) is 4.31. The molecule has 1 aromatic carbocycles. The maximum absolute atomic E-state index is 9.36. The van der Waals surface area contributed by atoms with Crippen LogP contribution in [0, 0.1) is 0 Å².